The van der Waals surface area contributed by atoms with E-state index in [1.807, 2.05) is 47.4 Å². The summed E-state index contributed by atoms with van der Waals surface area (Å²) in [6.07, 6.45) is 3.00. The summed E-state index contributed by atoms with van der Waals surface area (Å²) >= 11 is 0. The molecule has 24 heavy (non-hydrogen) atoms. The van der Waals surface area contributed by atoms with Crippen molar-refractivity contribution in [3.05, 3.63) is 71.6 Å². The number of benzene rings is 2. The summed E-state index contributed by atoms with van der Waals surface area (Å²) in [5.41, 5.74) is 3.00. The Kier molecular flexibility index (Phi) is 6.42. The minimum atomic E-state index is 0. The maximum Gasteiger partial charge on any atom is 1.00 e. The van der Waals surface area contributed by atoms with Crippen molar-refractivity contribution in [2.24, 2.45) is 0 Å². The molecule has 1 aliphatic heterocycles. The zero-order valence-electron chi connectivity index (χ0n) is 14.7. The molecule has 0 fully saturated rings. The van der Waals surface area contributed by atoms with Gasteiger partial charge < -0.3 is 14.7 Å². The molecule has 0 saturated heterocycles. The fraction of sp³-hybridized carbons (Fsp3) is 0.300. The number of hydrogen-bond acceptors (Lipinski definition) is 3. The minimum Gasteiger partial charge on any atom is -0.860 e. The number of unbranched alkanes of at least 4 members (excludes halogenated alkanes) is 1. The number of anilines is 1. The molecule has 2 aromatic carbocycles. The Morgan fingerprint density at radius 3 is 2.38 bits per heavy atom. The zero-order valence-corrected chi connectivity index (χ0v) is 14.7. The minimum absolute atomic E-state index is 0. The van der Waals surface area contributed by atoms with Crippen molar-refractivity contribution in [3.63, 3.8) is 0 Å². The van der Waals surface area contributed by atoms with Crippen LogP contribution < -0.4 is 33.6 Å². The molecule has 4 heteroatoms. The van der Waals surface area contributed by atoms with Crippen LogP contribution in [0.3, 0.4) is 0 Å². The number of para-hydroxylation sites is 2. The van der Waals surface area contributed by atoms with Crippen LogP contribution in [0.2, 0.25) is 0 Å². The molecule has 1 aliphatic rings. The largest absolute Gasteiger partial charge is 1.00 e. The first-order valence-electron chi connectivity index (χ1n) is 8.15. The Bertz CT molecular complexity index is 700. The van der Waals surface area contributed by atoms with Crippen molar-refractivity contribution in [1.82, 2.24) is 0 Å². The first-order valence-corrected chi connectivity index (χ1v) is 8.15. The van der Waals surface area contributed by atoms with E-state index in [4.69, 9.17) is 4.74 Å². The van der Waals surface area contributed by atoms with E-state index in [-0.39, 0.29) is 30.8 Å². The van der Waals surface area contributed by atoms with E-state index in [0.29, 0.717) is 0 Å². The molecule has 0 aromatic heterocycles. The van der Waals surface area contributed by atoms with E-state index in [0.717, 1.165) is 41.8 Å². The van der Waals surface area contributed by atoms with Gasteiger partial charge in [0.25, 0.3) is 0 Å². The smallest absolute Gasteiger partial charge is 0.860 e. The molecule has 0 aliphatic carbocycles. The van der Waals surface area contributed by atoms with Crippen molar-refractivity contribution in [2.75, 3.05) is 12.0 Å². The second kappa shape index (κ2) is 8.33. The van der Waals surface area contributed by atoms with Crippen molar-refractivity contribution < 1.29 is 28.7 Å². The van der Waals surface area contributed by atoms with Gasteiger partial charge in [-0.1, -0.05) is 55.8 Å². The van der Waals surface area contributed by atoms with Crippen LogP contribution in [0.25, 0.3) is 0 Å². The van der Waals surface area contributed by atoms with Gasteiger partial charge in [-0.25, -0.2) is 0 Å². The van der Waals surface area contributed by atoms with E-state index in [2.05, 4.69) is 19.1 Å². The molecule has 2 aromatic rings. The van der Waals surface area contributed by atoms with Gasteiger partial charge in [0.1, 0.15) is 5.75 Å². The fourth-order valence-corrected chi connectivity index (χ4v) is 3.15. The Morgan fingerprint density at radius 2 is 1.71 bits per heavy atom. The van der Waals surface area contributed by atoms with Crippen LogP contribution in [0.5, 0.6) is 5.75 Å². The Morgan fingerprint density at radius 1 is 1.04 bits per heavy atom. The number of methoxy groups -OCH3 is 1. The summed E-state index contributed by atoms with van der Waals surface area (Å²) in [5, 5.41) is 12.8. The van der Waals surface area contributed by atoms with Crippen LogP contribution >= 0.6 is 0 Å². The van der Waals surface area contributed by atoms with Crippen molar-refractivity contribution >= 4 is 5.69 Å². The maximum absolute atomic E-state index is 12.8. The monoisotopic (exact) mass is 315 g/mol. The van der Waals surface area contributed by atoms with E-state index >= 15 is 0 Å². The number of rotatable bonds is 6. The summed E-state index contributed by atoms with van der Waals surface area (Å²) < 4.78 is 5.45. The number of ether oxygens (including phenoxy) is 1. The summed E-state index contributed by atoms with van der Waals surface area (Å²) in [7, 11) is 1.64. The summed E-state index contributed by atoms with van der Waals surface area (Å²) in [4.78, 5) is 1.86. The SMILES string of the molecule is CCCCC1=C([O-])N(c2ccccc2OC)C1c1ccccc1.[Li+]. The molecule has 3 rings (SSSR count). The van der Waals surface area contributed by atoms with Gasteiger partial charge in [0.05, 0.1) is 18.8 Å². The number of nitrogens with zero attached hydrogens (tertiary/aromatic N) is 1. The Labute approximate surface area is 156 Å². The van der Waals surface area contributed by atoms with E-state index in [1.54, 1.807) is 7.11 Å². The maximum atomic E-state index is 12.8. The van der Waals surface area contributed by atoms with Crippen molar-refractivity contribution in [3.8, 4) is 5.75 Å². The normalized spacial score (nSPS) is 16.4. The molecule has 0 saturated carbocycles. The van der Waals surface area contributed by atoms with E-state index in [1.165, 1.54) is 0 Å². The number of hydrogen-bond donors (Lipinski definition) is 0. The molecule has 3 nitrogen and oxygen atoms in total. The molecular weight excluding hydrogens is 293 g/mol. The van der Waals surface area contributed by atoms with Crippen LogP contribution in [0, 0.1) is 0 Å². The van der Waals surface area contributed by atoms with Crippen molar-refractivity contribution in [1.29, 1.82) is 0 Å². The summed E-state index contributed by atoms with van der Waals surface area (Å²) in [5.74, 6) is 0.855. The van der Waals surface area contributed by atoms with Crippen LogP contribution in [0.15, 0.2) is 66.1 Å². The second-order valence-corrected chi connectivity index (χ2v) is 5.79. The molecule has 0 bridgehead atoms. The average Bonchev–Trinajstić information content (AvgIpc) is 2.60. The molecule has 0 radical (unpaired) electrons. The summed E-state index contributed by atoms with van der Waals surface area (Å²) in [6, 6.07) is 18.0. The van der Waals surface area contributed by atoms with Gasteiger partial charge in [-0.2, -0.15) is 0 Å². The molecule has 0 amide bonds. The molecule has 1 unspecified atom stereocenters. The van der Waals surface area contributed by atoms with Crippen LogP contribution in [0.1, 0.15) is 37.8 Å². The second-order valence-electron chi connectivity index (χ2n) is 5.79. The van der Waals surface area contributed by atoms with Gasteiger partial charge in [0.2, 0.25) is 0 Å². The molecule has 0 spiro atoms. The van der Waals surface area contributed by atoms with E-state index < -0.39 is 0 Å². The molecular formula is C20H22LiNO2. The summed E-state index contributed by atoms with van der Waals surface area (Å²) in [6.45, 7) is 2.15. The molecule has 0 N–H and O–H groups in total. The topological polar surface area (TPSA) is 35.5 Å². The van der Waals surface area contributed by atoms with Gasteiger partial charge in [0.15, 0.2) is 0 Å². The molecule has 120 valence electrons. The van der Waals surface area contributed by atoms with E-state index in [9.17, 15) is 5.11 Å². The predicted octanol–water partition coefficient (Wildman–Crippen LogP) is 1.02. The average molecular weight is 315 g/mol. The van der Waals surface area contributed by atoms with Crippen LogP contribution in [-0.4, -0.2) is 7.11 Å². The first kappa shape index (κ1) is 18.5. The third-order valence-electron chi connectivity index (χ3n) is 4.34. The molecule has 1 atom stereocenters. The van der Waals surface area contributed by atoms with Gasteiger partial charge >= 0.3 is 18.9 Å². The third-order valence-corrected chi connectivity index (χ3v) is 4.34. The Balaban J connectivity index is 0.00000208. The Hall–Kier alpha value is -1.82. The standard InChI is InChI=1S/C20H23NO2.Li/c1-3-4-12-16-19(15-10-6-5-7-11-15)21(20(16)22)17-13-8-9-14-18(17)23-2;/h5-11,13-14,19,22H,3-4,12H2,1-2H3;/q;+1/p-1. The quantitative estimate of drug-likeness (QED) is 0.747. The fourth-order valence-electron chi connectivity index (χ4n) is 3.15. The molecule has 1 heterocycles. The van der Waals surface area contributed by atoms with Gasteiger partial charge in [-0.15, -0.1) is 0 Å². The van der Waals surface area contributed by atoms with Crippen molar-refractivity contribution in [2.45, 2.75) is 32.2 Å². The van der Waals surface area contributed by atoms with Crippen LogP contribution in [-0.2, 0) is 0 Å². The zero-order chi connectivity index (χ0) is 16.2. The third kappa shape index (κ3) is 3.33. The van der Waals surface area contributed by atoms with Gasteiger partial charge in [-0.05, 0) is 42.0 Å². The van der Waals surface area contributed by atoms with Gasteiger partial charge in [-0.3, -0.25) is 0 Å². The predicted molar refractivity (Wildman–Crippen MR) is 91.2 cm³/mol. The first-order chi connectivity index (χ1) is 11.3. The van der Waals surface area contributed by atoms with Gasteiger partial charge in [0, 0.05) is 0 Å². The van der Waals surface area contributed by atoms with Crippen LogP contribution in [0.4, 0.5) is 5.69 Å².